The highest BCUT2D eigenvalue weighted by Gasteiger charge is 2.11. The van der Waals surface area contributed by atoms with E-state index in [1.54, 1.807) is 12.1 Å². The van der Waals surface area contributed by atoms with Crippen LogP contribution < -0.4 is 15.8 Å². The van der Waals surface area contributed by atoms with Crippen LogP contribution >= 0.6 is 34.8 Å². The number of nitrogen functional groups attached to an aromatic ring is 1. The van der Waals surface area contributed by atoms with Gasteiger partial charge in [-0.2, -0.15) is 0 Å². The van der Waals surface area contributed by atoms with Crippen molar-refractivity contribution in [3.8, 4) is 5.75 Å². The molecule has 0 amide bonds. The molecular weight excluding hydrogens is 331 g/mol. The monoisotopic (exact) mass is 344 g/mol. The van der Waals surface area contributed by atoms with Crippen LogP contribution in [0.2, 0.25) is 15.1 Å². The summed E-state index contributed by atoms with van der Waals surface area (Å²) in [5.41, 5.74) is 7.93. The first-order chi connectivity index (χ1) is 9.88. The molecule has 0 fully saturated rings. The van der Waals surface area contributed by atoms with E-state index in [1.165, 1.54) is 0 Å². The van der Waals surface area contributed by atoms with Crippen molar-refractivity contribution < 1.29 is 4.74 Å². The molecule has 0 aromatic heterocycles. The summed E-state index contributed by atoms with van der Waals surface area (Å²) in [6.45, 7) is 3.88. The van der Waals surface area contributed by atoms with Gasteiger partial charge < -0.3 is 15.8 Å². The average Bonchev–Trinajstić information content (AvgIpc) is 2.40. The highest BCUT2D eigenvalue weighted by molar-refractivity contribution is 6.44. The summed E-state index contributed by atoms with van der Waals surface area (Å²) in [5, 5.41) is 4.41. The Bertz CT molecular complexity index is 660. The SMILES string of the molecule is CC(C)Oc1cccc(Nc2cc(Cl)c(Cl)cc2Cl)c1N. The summed E-state index contributed by atoms with van der Waals surface area (Å²) in [7, 11) is 0. The second-order valence-electron chi connectivity index (χ2n) is 4.76. The molecule has 0 aliphatic rings. The molecule has 0 aliphatic heterocycles. The van der Waals surface area contributed by atoms with E-state index in [0.29, 0.717) is 37.9 Å². The lowest BCUT2D eigenvalue weighted by atomic mass is 10.2. The minimum absolute atomic E-state index is 0.0381. The molecule has 0 spiro atoms. The van der Waals surface area contributed by atoms with Gasteiger partial charge in [-0.3, -0.25) is 0 Å². The van der Waals surface area contributed by atoms with Crippen LogP contribution in [0.4, 0.5) is 17.1 Å². The van der Waals surface area contributed by atoms with Gasteiger partial charge in [0.1, 0.15) is 5.75 Å². The quantitative estimate of drug-likeness (QED) is 0.547. The molecule has 6 heteroatoms. The Morgan fingerprint density at radius 1 is 1.00 bits per heavy atom. The first kappa shape index (κ1) is 16.1. The van der Waals surface area contributed by atoms with E-state index >= 15 is 0 Å². The molecule has 0 radical (unpaired) electrons. The predicted octanol–water partition coefficient (Wildman–Crippen LogP) is 5.76. The van der Waals surface area contributed by atoms with Crippen LogP contribution in [0, 0.1) is 0 Å². The third-order valence-electron chi connectivity index (χ3n) is 2.71. The van der Waals surface area contributed by atoms with E-state index in [1.807, 2.05) is 32.0 Å². The fourth-order valence-electron chi connectivity index (χ4n) is 1.77. The molecule has 3 N–H and O–H groups in total. The van der Waals surface area contributed by atoms with Gasteiger partial charge in [-0.1, -0.05) is 40.9 Å². The van der Waals surface area contributed by atoms with Crippen molar-refractivity contribution in [2.45, 2.75) is 20.0 Å². The molecule has 0 bridgehead atoms. The van der Waals surface area contributed by atoms with E-state index in [0.717, 1.165) is 0 Å². The van der Waals surface area contributed by atoms with Crippen LogP contribution in [-0.4, -0.2) is 6.10 Å². The number of halogens is 3. The standard InChI is InChI=1S/C15H15Cl3N2O/c1-8(2)21-14-5-3-4-12(15(14)19)20-13-7-10(17)9(16)6-11(13)18/h3-8,20H,19H2,1-2H3. The maximum Gasteiger partial charge on any atom is 0.144 e. The molecular formula is C15H15Cl3N2O. The Morgan fingerprint density at radius 2 is 1.67 bits per heavy atom. The number of nitrogens with one attached hydrogen (secondary N) is 1. The summed E-state index contributed by atoms with van der Waals surface area (Å²) in [4.78, 5) is 0. The maximum absolute atomic E-state index is 6.15. The Labute approximate surface area is 138 Å². The lowest BCUT2D eigenvalue weighted by Crippen LogP contribution is -2.08. The fraction of sp³-hybridized carbons (Fsp3) is 0.200. The van der Waals surface area contributed by atoms with E-state index in [-0.39, 0.29) is 6.10 Å². The van der Waals surface area contributed by atoms with Gasteiger partial charge >= 0.3 is 0 Å². The Morgan fingerprint density at radius 3 is 2.33 bits per heavy atom. The van der Waals surface area contributed by atoms with E-state index < -0.39 is 0 Å². The van der Waals surface area contributed by atoms with Gasteiger partial charge in [0.2, 0.25) is 0 Å². The molecule has 0 saturated heterocycles. The van der Waals surface area contributed by atoms with Crippen LogP contribution in [0.5, 0.6) is 5.75 Å². The number of anilines is 3. The van der Waals surface area contributed by atoms with Gasteiger partial charge in [0.25, 0.3) is 0 Å². The second kappa shape index (κ2) is 6.65. The molecule has 0 atom stereocenters. The van der Waals surface area contributed by atoms with Gasteiger partial charge in [0, 0.05) is 0 Å². The van der Waals surface area contributed by atoms with Crippen molar-refractivity contribution >= 4 is 51.9 Å². The minimum Gasteiger partial charge on any atom is -0.489 e. The van der Waals surface area contributed by atoms with Crippen LogP contribution in [0.1, 0.15) is 13.8 Å². The Hall–Kier alpha value is -1.29. The highest BCUT2D eigenvalue weighted by Crippen LogP contribution is 2.37. The number of hydrogen-bond acceptors (Lipinski definition) is 3. The van der Waals surface area contributed by atoms with Crippen molar-refractivity contribution in [3.05, 3.63) is 45.4 Å². The number of hydrogen-bond donors (Lipinski definition) is 2. The first-order valence-corrected chi connectivity index (χ1v) is 7.48. The summed E-state index contributed by atoms with van der Waals surface area (Å²) in [6.07, 6.45) is 0.0381. The van der Waals surface area contributed by atoms with Crippen molar-refractivity contribution in [1.82, 2.24) is 0 Å². The minimum atomic E-state index is 0.0381. The number of para-hydroxylation sites is 1. The lowest BCUT2D eigenvalue weighted by molar-refractivity contribution is 0.244. The maximum atomic E-state index is 6.15. The summed E-state index contributed by atoms with van der Waals surface area (Å²) in [6, 6.07) is 8.74. The molecule has 0 saturated carbocycles. The molecule has 2 aromatic carbocycles. The van der Waals surface area contributed by atoms with Gasteiger partial charge in [-0.15, -0.1) is 0 Å². The summed E-state index contributed by atoms with van der Waals surface area (Å²) >= 11 is 18.1. The third-order valence-corrected chi connectivity index (χ3v) is 3.74. The molecule has 3 nitrogen and oxygen atoms in total. The van der Waals surface area contributed by atoms with Crippen LogP contribution in [0.15, 0.2) is 30.3 Å². The molecule has 0 heterocycles. The van der Waals surface area contributed by atoms with E-state index in [2.05, 4.69) is 5.32 Å². The summed E-state index contributed by atoms with van der Waals surface area (Å²) < 4.78 is 5.65. The van der Waals surface area contributed by atoms with Gasteiger partial charge in [0.15, 0.2) is 0 Å². The van der Waals surface area contributed by atoms with Crippen LogP contribution in [-0.2, 0) is 0 Å². The lowest BCUT2D eigenvalue weighted by Gasteiger charge is -2.16. The van der Waals surface area contributed by atoms with Crippen LogP contribution in [0.25, 0.3) is 0 Å². The van der Waals surface area contributed by atoms with E-state index in [9.17, 15) is 0 Å². The molecule has 2 rings (SSSR count). The zero-order valence-corrected chi connectivity index (χ0v) is 13.9. The molecule has 2 aromatic rings. The molecule has 0 unspecified atom stereocenters. The normalized spacial score (nSPS) is 10.8. The fourth-order valence-corrected chi connectivity index (χ4v) is 2.37. The van der Waals surface area contributed by atoms with Gasteiger partial charge in [-0.25, -0.2) is 0 Å². The molecule has 21 heavy (non-hydrogen) atoms. The van der Waals surface area contributed by atoms with Crippen molar-refractivity contribution in [1.29, 1.82) is 0 Å². The highest BCUT2D eigenvalue weighted by atomic mass is 35.5. The van der Waals surface area contributed by atoms with Crippen LogP contribution in [0.3, 0.4) is 0 Å². The second-order valence-corrected chi connectivity index (χ2v) is 5.98. The smallest absolute Gasteiger partial charge is 0.144 e. The summed E-state index contributed by atoms with van der Waals surface area (Å²) in [5.74, 6) is 0.617. The predicted molar refractivity (Wildman–Crippen MR) is 91.4 cm³/mol. The topological polar surface area (TPSA) is 47.3 Å². The number of nitrogens with two attached hydrogens (primary N) is 1. The Balaban J connectivity index is 2.34. The van der Waals surface area contributed by atoms with Crippen molar-refractivity contribution in [2.24, 2.45) is 0 Å². The average molecular weight is 346 g/mol. The zero-order chi connectivity index (χ0) is 15.6. The van der Waals surface area contributed by atoms with E-state index in [4.69, 9.17) is 45.3 Å². The number of ether oxygens (including phenoxy) is 1. The third kappa shape index (κ3) is 3.88. The number of rotatable bonds is 4. The first-order valence-electron chi connectivity index (χ1n) is 6.35. The largest absolute Gasteiger partial charge is 0.489 e. The van der Waals surface area contributed by atoms with Crippen molar-refractivity contribution in [3.63, 3.8) is 0 Å². The van der Waals surface area contributed by atoms with Gasteiger partial charge in [-0.05, 0) is 38.1 Å². The Kier molecular flexibility index (Phi) is 5.09. The van der Waals surface area contributed by atoms with Gasteiger partial charge in [0.05, 0.1) is 38.2 Å². The zero-order valence-electron chi connectivity index (χ0n) is 11.6. The molecule has 112 valence electrons. The molecule has 0 aliphatic carbocycles. The van der Waals surface area contributed by atoms with Crippen molar-refractivity contribution in [2.75, 3.05) is 11.1 Å². The number of benzene rings is 2.